The molecule has 2 saturated carbocycles. The lowest BCUT2D eigenvalue weighted by molar-refractivity contribution is -0.697. The number of hydrogen-bond acceptors (Lipinski definition) is 2. The van der Waals surface area contributed by atoms with E-state index in [2.05, 4.69) is 55.7 Å². The average Bonchev–Trinajstić information content (AvgIpc) is 3.30. The Morgan fingerprint density at radius 3 is 2.32 bits per heavy atom. The number of imidazole rings is 1. The van der Waals surface area contributed by atoms with Crippen LogP contribution in [0.15, 0.2) is 47.9 Å². The summed E-state index contributed by atoms with van der Waals surface area (Å²) in [4.78, 5) is -0.0115. The molecule has 2 bridgehead atoms. The highest BCUT2D eigenvalue weighted by atomic mass is 32.2. The van der Waals surface area contributed by atoms with Crippen LogP contribution in [0.2, 0.25) is 0 Å². The van der Waals surface area contributed by atoms with Crippen molar-refractivity contribution in [1.29, 1.82) is 0 Å². The van der Waals surface area contributed by atoms with Crippen LogP contribution < -0.4 is 4.57 Å². The lowest BCUT2D eigenvalue weighted by atomic mass is 9.59. The third kappa shape index (κ3) is 6.33. The monoisotopic (exact) mass is 529 g/mol. The molecule has 4 rings (SSSR count). The Balaban J connectivity index is 1.56. The van der Waals surface area contributed by atoms with E-state index in [9.17, 15) is 13.0 Å². The summed E-state index contributed by atoms with van der Waals surface area (Å²) in [5.74, 6) is 1.81. The Kier molecular flexibility index (Phi) is 8.90. The Morgan fingerprint density at radius 2 is 1.65 bits per heavy atom. The van der Waals surface area contributed by atoms with Gasteiger partial charge in [0.2, 0.25) is 6.33 Å². The second-order valence-electron chi connectivity index (χ2n) is 12.6. The molecule has 2 aromatic rings. The van der Waals surface area contributed by atoms with Gasteiger partial charge in [0.05, 0.1) is 18.5 Å². The highest BCUT2D eigenvalue weighted by Crippen LogP contribution is 2.55. The Hall–Kier alpha value is -1.66. The molecule has 0 aliphatic heterocycles. The van der Waals surface area contributed by atoms with E-state index in [-0.39, 0.29) is 10.3 Å². The van der Waals surface area contributed by atoms with Gasteiger partial charge in [-0.2, -0.15) is 8.42 Å². The molecule has 0 saturated heterocycles. The lowest BCUT2D eigenvalue weighted by Crippen LogP contribution is -2.40. The fourth-order valence-electron chi connectivity index (χ4n) is 8.09. The van der Waals surface area contributed by atoms with Gasteiger partial charge in [-0.15, -0.1) is 0 Å². The summed E-state index contributed by atoms with van der Waals surface area (Å²) >= 11 is 0. The van der Waals surface area contributed by atoms with Crippen molar-refractivity contribution in [3.8, 4) is 0 Å². The SMILES string of the molecule is CC(c1ccc(S(=O)(=O)O)cc1)C12CCCCCC(C(C)CC[n+]3ccn(C)c3)(CCC1)C(C)CCC2. The van der Waals surface area contributed by atoms with E-state index < -0.39 is 10.1 Å². The molecule has 0 spiro atoms. The fourth-order valence-corrected chi connectivity index (χ4v) is 8.57. The van der Waals surface area contributed by atoms with E-state index in [0.29, 0.717) is 17.3 Å². The normalized spacial score (nSPS) is 29.3. The van der Waals surface area contributed by atoms with E-state index >= 15 is 0 Å². The summed E-state index contributed by atoms with van der Waals surface area (Å²) < 4.78 is 37.1. The van der Waals surface area contributed by atoms with Crippen molar-refractivity contribution in [2.45, 2.75) is 115 Å². The van der Waals surface area contributed by atoms with Crippen LogP contribution in [0.5, 0.6) is 0 Å². The van der Waals surface area contributed by atoms with Gasteiger partial charge in [0.1, 0.15) is 12.4 Å². The van der Waals surface area contributed by atoms with E-state index in [1.54, 1.807) is 12.1 Å². The van der Waals surface area contributed by atoms with Crippen LogP contribution in [-0.2, 0) is 23.7 Å². The van der Waals surface area contributed by atoms with Crippen molar-refractivity contribution in [2.24, 2.45) is 29.7 Å². The Labute approximate surface area is 225 Å². The zero-order valence-corrected chi connectivity index (χ0v) is 24.3. The quantitative estimate of drug-likeness (QED) is 0.302. The molecule has 37 heavy (non-hydrogen) atoms. The predicted molar refractivity (Wildman–Crippen MR) is 149 cm³/mol. The van der Waals surface area contributed by atoms with E-state index in [1.807, 2.05) is 12.1 Å². The van der Waals surface area contributed by atoms with Crippen molar-refractivity contribution in [3.05, 3.63) is 48.5 Å². The van der Waals surface area contributed by atoms with Gasteiger partial charge in [-0.25, -0.2) is 9.13 Å². The standard InChI is InChI=1S/C31H48N2O3S/c1-25-10-8-17-30(27(3)28-11-13-29(14-12-28)37(34,35)36)16-6-5-7-19-31(25,20-9-18-30)26(2)15-21-33-23-22-32(4)24-33/h11-14,22-27H,5-10,15-21H2,1-4H3/p+1. The molecule has 2 aliphatic carbocycles. The van der Waals surface area contributed by atoms with Crippen LogP contribution in [0, 0.1) is 22.7 Å². The summed E-state index contributed by atoms with van der Waals surface area (Å²) in [6.45, 7) is 8.55. The maximum atomic E-state index is 11.6. The molecule has 5 unspecified atom stereocenters. The lowest BCUT2D eigenvalue weighted by Gasteiger charge is -2.46. The molecule has 1 N–H and O–H groups in total. The van der Waals surface area contributed by atoms with Crippen LogP contribution >= 0.6 is 0 Å². The molecule has 1 heterocycles. The third-order valence-corrected chi connectivity index (χ3v) is 11.5. The van der Waals surface area contributed by atoms with Gasteiger partial charge in [0, 0.05) is 0 Å². The molecule has 206 valence electrons. The van der Waals surface area contributed by atoms with Gasteiger partial charge in [0.25, 0.3) is 10.1 Å². The summed E-state index contributed by atoms with van der Waals surface area (Å²) in [5, 5.41) is 0. The first kappa shape index (κ1) is 28.4. The molecule has 1 aromatic carbocycles. The molecule has 2 fully saturated rings. The first-order chi connectivity index (χ1) is 17.6. The number of hydrogen-bond donors (Lipinski definition) is 1. The van der Waals surface area contributed by atoms with Crippen molar-refractivity contribution in [2.75, 3.05) is 0 Å². The van der Waals surface area contributed by atoms with Gasteiger partial charge < -0.3 is 0 Å². The molecule has 6 heteroatoms. The van der Waals surface area contributed by atoms with E-state index in [1.165, 1.54) is 82.6 Å². The van der Waals surface area contributed by atoms with Crippen LogP contribution in [0.25, 0.3) is 0 Å². The minimum atomic E-state index is -4.16. The minimum Gasteiger partial charge on any atom is -0.282 e. The molecule has 1 aromatic heterocycles. The van der Waals surface area contributed by atoms with Gasteiger partial charge in [0.15, 0.2) is 0 Å². The predicted octanol–water partition coefficient (Wildman–Crippen LogP) is 7.32. The van der Waals surface area contributed by atoms with Crippen LogP contribution in [0.3, 0.4) is 0 Å². The van der Waals surface area contributed by atoms with Crippen molar-refractivity contribution in [1.82, 2.24) is 4.57 Å². The minimum absolute atomic E-state index is 0.0115. The number of benzene rings is 1. The molecular weight excluding hydrogens is 480 g/mol. The summed E-state index contributed by atoms with van der Waals surface area (Å²) in [6.07, 6.45) is 22.0. The molecule has 5 atom stereocenters. The zero-order valence-electron chi connectivity index (χ0n) is 23.5. The first-order valence-corrected chi connectivity index (χ1v) is 16.1. The molecule has 0 radical (unpaired) electrons. The number of rotatable bonds is 7. The van der Waals surface area contributed by atoms with Crippen LogP contribution in [-0.4, -0.2) is 17.5 Å². The Morgan fingerprint density at radius 1 is 1.00 bits per heavy atom. The van der Waals surface area contributed by atoms with Crippen molar-refractivity contribution >= 4 is 10.1 Å². The number of aryl methyl sites for hydroxylation is 2. The topological polar surface area (TPSA) is 63.2 Å². The first-order valence-electron chi connectivity index (χ1n) is 14.6. The Bertz CT molecular complexity index is 1130. The summed E-state index contributed by atoms with van der Waals surface area (Å²) in [7, 11) is -2.07. The molecule has 2 aliphatic rings. The fraction of sp³-hybridized carbons (Fsp3) is 0.710. The highest BCUT2D eigenvalue weighted by molar-refractivity contribution is 7.85. The van der Waals surface area contributed by atoms with Crippen LogP contribution in [0.4, 0.5) is 0 Å². The van der Waals surface area contributed by atoms with Gasteiger partial charge >= 0.3 is 0 Å². The zero-order chi connectivity index (χ0) is 26.7. The largest absolute Gasteiger partial charge is 0.294 e. The number of fused-ring (bicyclic) bond motifs is 4. The van der Waals surface area contributed by atoms with Crippen molar-refractivity contribution in [3.63, 3.8) is 0 Å². The maximum absolute atomic E-state index is 11.6. The van der Waals surface area contributed by atoms with Crippen LogP contribution in [0.1, 0.15) is 109 Å². The molecule has 0 amide bonds. The van der Waals surface area contributed by atoms with E-state index in [4.69, 9.17) is 0 Å². The molecular formula is C31H49N2O3S+. The van der Waals surface area contributed by atoms with Gasteiger partial charge in [-0.3, -0.25) is 4.55 Å². The second-order valence-corrected chi connectivity index (χ2v) is 14.0. The molecule has 5 nitrogen and oxygen atoms in total. The second kappa shape index (κ2) is 11.6. The average molecular weight is 530 g/mol. The third-order valence-electron chi connectivity index (χ3n) is 10.6. The number of nitrogens with zero attached hydrogens (tertiary/aromatic N) is 2. The van der Waals surface area contributed by atoms with E-state index in [0.717, 1.165) is 12.5 Å². The van der Waals surface area contributed by atoms with Gasteiger partial charge in [-0.1, -0.05) is 71.4 Å². The highest BCUT2D eigenvalue weighted by Gasteiger charge is 2.44. The van der Waals surface area contributed by atoms with Gasteiger partial charge in [-0.05, 0) is 84.8 Å². The smallest absolute Gasteiger partial charge is 0.282 e. The summed E-state index contributed by atoms with van der Waals surface area (Å²) in [5.41, 5.74) is 1.88. The summed E-state index contributed by atoms with van der Waals surface area (Å²) in [6, 6.07) is 7.02. The number of aromatic nitrogens is 2. The maximum Gasteiger partial charge on any atom is 0.294 e. The van der Waals surface area contributed by atoms with Crippen molar-refractivity contribution < 1.29 is 17.5 Å².